The van der Waals surface area contributed by atoms with E-state index in [2.05, 4.69) is 4.98 Å². The fraction of sp³-hybridized carbons (Fsp3) is 0.222. The number of hydrogen-bond donors (Lipinski definition) is 1. The number of carboxylic acid groups (broad SMARTS) is 1. The van der Waals surface area contributed by atoms with Gasteiger partial charge in [0.15, 0.2) is 0 Å². The van der Waals surface area contributed by atoms with Crippen LogP contribution in [0.3, 0.4) is 0 Å². The third-order valence-electron chi connectivity index (χ3n) is 1.96. The van der Waals surface area contributed by atoms with Crippen molar-refractivity contribution < 1.29 is 23.6 Å². The monoisotopic (exact) mass is 257 g/mol. The van der Waals surface area contributed by atoms with Crippen LogP contribution in [0.15, 0.2) is 6.07 Å². The second kappa shape index (κ2) is 5.13. The number of carboxylic acids is 1. The van der Waals surface area contributed by atoms with Gasteiger partial charge >= 0.3 is 5.97 Å². The van der Waals surface area contributed by atoms with Gasteiger partial charge in [0.05, 0.1) is 16.9 Å². The van der Waals surface area contributed by atoms with Gasteiger partial charge < -0.3 is 5.11 Å². The van der Waals surface area contributed by atoms with Crippen molar-refractivity contribution in [1.82, 2.24) is 4.98 Å². The number of alkyl halides is 2. The first-order valence-electron chi connectivity index (χ1n) is 4.45. The lowest BCUT2D eigenvalue weighted by Gasteiger charge is -2.05. The molecular formula is C9H5F2N3O4. The largest absolute Gasteiger partial charge is 0.481 e. The highest BCUT2D eigenvalue weighted by Crippen LogP contribution is 2.28. The summed E-state index contributed by atoms with van der Waals surface area (Å²) in [5.41, 5.74) is -2.98. The number of nitrogens with zero attached hydrogens (tertiary/aromatic N) is 3. The fourth-order valence-corrected chi connectivity index (χ4v) is 1.24. The highest BCUT2D eigenvalue weighted by atomic mass is 19.3. The Labute approximate surface area is 98.4 Å². The van der Waals surface area contributed by atoms with Crippen LogP contribution in [-0.4, -0.2) is 21.0 Å². The minimum atomic E-state index is -3.11. The molecule has 1 rings (SSSR count). The lowest BCUT2D eigenvalue weighted by atomic mass is 10.1. The predicted molar refractivity (Wildman–Crippen MR) is 51.9 cm³/mol. The summed E-state index contributed by atoms with van der Waals surface area (Å²) in [6.45, 7) is 0. The van der Waals surface area contributed by atoms with Crippen LogP contribution >= 0.6 is 0 Å². The van der Waals surface area contributed by atoms with Gasteiger partial charge in [-0.1, -0.05) is 0 Å². The van der Waals surface area contributed by atoms with Crippen molar-refractivity contribution in [3.05, 3.63) is 33.1 Å². The van der Waals surface area contributed by atoms with Crippen molar-refractivity contribution in [2.45, 2.75) is 12.8 Å². The molecule has 0 amide bonds. The van der Waals surface area contributed by atoms with E-state index in [1.165, 1.54) is 6.07 Å². The summed E-state index contributed by atoms with van der Waals surface area (Å²) < 4.78 is 25.0. The van der Waals surface area contributed by atoms with Gasteiger partial charge in [-0.3, -0.25) is 14.9 Å². The smallest absolute Gasteiger partial charge is 0.309 e. The van der Waals surface area contributed by atoms with Crippen molar-refractivity contribution >= 4 is 11.7 Å². The first kappa shape index (κ1) is 13.4. The van der Waals surface area contributed by atoms with E-state index in [0.717, 1.165) is 0 Å². The summed E-state index contributed by atoms with van der Waals surface area (Å²) in [7, 11) is 0. The van der Waals surface area contributed by atoms with Crippen LogP contribution in [0, 0.1) is 21.4 Å². The Morgan fingerprint density at radius 3 is 2.67 bits per heavy atom. The molecule has 0 aromatic carbocycles. The van der Waals surface area contributed by atoms with Crippen LogP contribution in [0.1, 0.15) is 23.4 Å². The van der Waals surface area contributed by atoms with Gasteiger partial charge in [0.25, 0.3) is 12.1 Å². The van der Waals surface area contributed by atoms with Crippen LogP contribution in [0.4, 0.5) is 14.5 Å². The van der Waals surface area contributed by atoms with Gasteiger partial charge in [0, 0.05) is 6.07 Å². The summed E-state index contributed by atoms with van der Waals surface area (Å²) >= 11 is 0. The number of aliphatic carboxylic acids is 1. The average Bonchev–Trinajstić information content (AvgIpc) is 2.26. The van der Waals surface area contributed by atoms with E-state index >= 15 is 0 Å². The maximum atomic E-state index is 12.5. The first-order valence-corrected chi connectivity index (χ1v) is 4.45. The normalized spacial score (nSPS) is 10.1. The van der Waals surface area contributed by atoms with Crippen LogP contribution in [0.2, 0.25) is 0 Å². The molecule has 0 saturated carbocycles. The quantitative estimate of drug-likeness (QED) is 0.643. The summed E-state index contributed by atoms with van der Waals surface area (Å²) in [6, 6.07) is 1.83. The molecular weight excluding hydrogens is 252 g/mol. The van der Waals surface area contributed by atoms with Crippen LogP contribution < -0.4 is 0 Å². The molecule has 0 unspecified atom stereocenters. The molecule has 0 radical (unpaired) electrons. The Hall–Kier alpha value is -2.63. The summed E-state index contributed by atoms with van der Waals surface area (Å²) in [6.07, 6.45) is -3.93. The molecule has 1 heterocycles. The van der Waals surface area contributed by atoms with Gasteiger partial charge in [0.1, 0.15) is 17.5 Å². The second-order valence-electron chi connectivity index (χ2n) is 3.13. The van der Waals surface area contributed by atoms with Crippen LogP contribution in [0.5, 0.6) is 0 Å². The molecule has 0 aliphatic carbocycles. The molecule has 1 aromatic heterocycles. The molecule has 1 aromatic rings. The maximum Gasteiger partial charge on any atom is 0.309 e. The summed E-state index contributed by atoms with van der Waals surface area (Å²) in [4.78, 5) is 23.4. The van der Waals surface area contributed by atoms with Crippen LogP contribution in [-0.2, 0) is 11.2 Å². The molecule has 9 heteroatoms. The molecule has 94 valence electrons. The van der Waals surface area contributed by atoms with E-state index in [-0.39, 0.29) is 0 Å². The molecule has 0 bridgehead atoms. The van der Waals surface area contributed by atoms with Crippen LogP contribution in [0.25, 0.3) is 0 Å². The number of rotatable bonds is 4. The van der Waals surface area contributed by atoms with E-state index in [1.807, 2.05) is 0 Å². The summed E-state index contributed by atoms with van der Waals surface area (Å²) in [5, 5.41) is 27.7. The second-order valence-corrected chi connectivity index (χ2v) is 3.13. The number of halogens is 2. The van der Waals surface area contributed by atoms with Gasteiger partial charge in [-0.15, -0.1) is 0 Å². The predicted octanol–water partition coefficient (Wildman–Crippen LogP) is 1.43. The molecule has 1 N–H and O–H groups in total. The van der Waals surface area contributed by atoms with Gasteiger partial charge in [-0.25, -0.2) is 13.8 Å². The third-order valence-corrected chi connectivity index (χ3v) is 1.96. The van der Waals surface area contributed by atoms with Gasteiger partial charge in [-0.2, -0.15) is 5.26 Å². The molecule has 0 atom stereocenters. The average molecular weight is 257 g/mol. The molecule has 0 fully saturated rings. The fourth-order valence-electron chi connectivity index (χ4n) is 1.24. The van der Waals surface area contributed by atoms with Crippen molar-refractivity contribution in [2.75, 3.05) is 0 Å². The Bertz CT molecular complexity index is 553. The highest BCUT2D eigenvalue weighted by molar-refractivity contribution is 5.71. The molecule has 0 spiro atoms. The van der Waals surface area contributed by atoms with E-state index in [0.29, 0.717) is 6.07 Å². The van der Waals surface area contributed by atoms with E-state index in [9.17, 15) is 23.7 Å². The highest BCUT2D eigenvalue weighted by Gasteiger charge is 2.25. The number of hydrogen-bond acceptors (Lipinski definition) is 5. The van der Waals surface area contributed by atoms with E-state index in [4.69, 9.17) is 10.4 Å². The van der Waals surface area contributed by atoms with E-state index < -0.39 is 46.4 Å². The number of pyridine rings is 1. The molecule has 18 heavy (non-hydrogen) atoms. The summed E-state index contributed by atoms with van der Waals surface area (Å²) in [5.74, 6) is -1.42. The van der Waals surface area contributed by atoms with Gasteiger partial charge in [0.2, 0.25) is 0 Å². The molecule has 0 aliphatic rings. The third kappa shape index (κ3) is 2.73. The standard InChI is InChI=1S/C9H5F2N3O4/c10-9(11)4-1-7(14(17)18)5(2-8(15)16)13-6(4)3-12/h1,9H,2H2,(H,15,16). The van der Waals surface area contributed by atoms with Gasteiger partial charge in [-0.05, 0) is 0 Å². The SMILES string of the molecule is N#Cc1nc(CC(=O)O)c([N+](=O)[O-])cc1C(F)F. The van der Waals surface area contributed by atoms with Crippen molar-refractivity contribution in [2.24, 2.45) is 0 Å². The number of carbonyl (C=O) groups is 1. The number of nitro groups is 1. The topological polar surface area (TPSA) is 117 Å². The van der Waals surface area contributed by atoms with E-state index in [1.54, 1.807) is 0 Å². The lowest BCUT2D eigenvalue weighted by Crippen LogP contribution is -2.09. The molecule has 0 saturated heterocycles. The maximum absolute atomic E-state index is 12.5. The zero-order valence-electron chi connectivity index (χ0n) is 8.63. The number of nitriles is 1. The van der Waals surface area contributed by atoms with Crippen molar-refractivity contribution in [3.8, 4) is 6.07 Å². The van der Waals surface area contributed by atoms with Crippen molar-refractivity contribution in [3.63, 3.8) is 0 Å². The zero-order valence-corrected chi connectivity index (χ0v) is 8.63. The Kier molecular flexibility index (Phi) is 3.83. The lowest BCUT2D eigenvalue weighted by molar-refractivity contribution is -0.386. The first-order chi connectivity index (χ1) is 8.36. The van der Waals surface area contributed by atoms with Crippen molar-refractivity contribution in [1.29, 1.82) is 5.26 Å². The zero-order chi connectivity index (χ0) is 13.9. The number of aromatic nitrogens is 1. The minimum Gasteiger partial charge on any atom is -0.481 e. The Balaban J connectivity index is 3.47. The Morgan fingerprint density at radius 1 is 1.67 bits per heavy atom. The molecule has 0 aliphatic heterocycles. The molecule has 7 nitrogen and oxygen atoms in total. The Morgan fingerprint density at radius 2 is 2.28 bits per heavy atom. The minimum absolute atomic E-state index is 0.481.